The summed E-state index contributed by atoms with van der Waals surface area (Å²) in [5.74, 6) is 0.971. The normalized spacial score (nSPS) is 12.2. The molecule has 17 heavy (non-hydrogen) atoms. The third-order valence-electron chi connectivity index (χ3n) is 2.35. The molecule has 0 unspecified atom stereocenters. The van der Waals surface area contributed by atoms with E-state index < -0.39 is 10.0 Å². The minimum atomic E-state index is -3.32. The van der Waals surface area contributed by atoms with E-state index in [1.54, 1.807) is 30.3 Å². The van der Waals surface area contributed by atoms with Gasteiger partial charge in [-0.15, -0.1) is 11.3 Å². The number of hydrogen-bond donors (Lipinski definition) is 1. The number of nitrogens with zero attached hydrogens (tertiary/aromatic N) is 1. The van der Waals surface area contributed by atoms with Crippen molar-refractivity contribution >= 4 is 33.1 Å². The Kier molecular flexibility index (Phi) is 5.94. The standard InChI is InChI=1S/C10H18N2O2S3/c1-12(4-3-5-15-2)17(13,14)10-6-9(7-11)8-16-10/h6,8H,3-5,7,11H2,1-2H3. The van der Waals surface area contributed by atoms with Crippen molar-refractivity contribution in [2.75, 3.05) is 25.6 Å². The molecule has 0 aliphatic carbocycles. The quantitative estimate of drug-likeness (QED) is 0.776. The van der Waals surface area contributed by atoms with Gasteiger partial charge in [-0.05, 0) is 35.4 Å². The Labute approximate surface area is 111 Å². The minimum absolute atomic E-state index is 0.377. The molecule has 0 atom stereocenters. The van der Waals surface area contributed by atoms with Crippen LogP contribution >= 0.6 is 23.1 Å². The van der Waals surface area contributed by atoms with E-state index in [9.17, 15) is 8.42 Å². The van der Waals surface area contributed by atoms with E-state index in [4.69, 9.17) is 5.73 Å². The second-order valence-electron chi connectivity index (χ2n) is 3.65. The molecule has 0 fully saturated rings. The van der Waals surface area contributed by atoms with Crippen molar-refractivity contribution in [2.24, 2.45) is 5.73 Å². The van der Waals surface area contributed by atoms with E-state index in [0.717, 1.165) is 17.7 Å². The topological polar surface area (TPSA) is 63.4 Å². The number of hydrogen-bond acceptors (Lipinski definition) is 5. The van der Waals surface area contributed by atoms with Crippen LogP contribution in [0.15, 0.2) is 15.7 Å². The van der Waals surface area contributed by atoms with Gasteiger partial charge in [0.15, 0.2) is 0 Å². The fraction of sp³-hybridized carbons (Fsp3) is 0.600. The van der Waals surface area contributed by atoms with Gasteiger partial charge in [-0.3, -0.25) is 0 Å². The molecule has 1 rings (SSSR count). The van der Waals surface area contributed by atoms with E-state index in [1.807, 2.05) is 6.26 Å². The molecule has 0 aliphatic rings. The minimum Gasteiger partial charge on any atom is -0.326 e. The third-order valence-corrected chi connectivity index (χ3v) is 6.37. The summed E-state index contributed by atoms with van der Waals surface area (Å²) in [7, 11) is -1.70. The summed E-state index contributed by atoms with van der Waals surface area (Å²) in [6.07, 6.45) is 2.88. The van der Waals surface area contributed by atoms with Gasteiger partial charge in [0.1, 0.15) is 4.21 Å². The van der Waals surface area contributed by atoms with Gasteiger partial charge in [-0.25, -0.2) is 12.7 Å². The first-order valence-electron chi connectivity index (χ1n) is 5.25. The highest BCUT2D eigenvalue weighted by Gasteiger charge is 2.21. The SMILES string of the molecule is CSCCCN(C)S(=O)(=O)c1cc(CN)cs1. The Bertz CT molecular complexity index is 442. The van der Waals surface area contributed by atoms with Gasteiger partial charge in [0, 0.05) is 20.1 Å². The van der Waals surface area contributed by atoms with Crippen LogP contribution in [0.25, 0.3) is 0 Å². The van der Waals surface area contributed by atoms with Crippen LogP contribution in [-0.4, -0.2) is 38.3 Å². The number of thiophene rings is 1. The molecular formula is C10H18N2O2S3. The van der Waals surface area contributed by atoms with Gasteiger partial charge in [-0.1, -0.05) is 0 Å². The average Bonchev–Trinajstić information content (AvgIpc) is 2.78. The molecule has 0 spiro atoms. The van der Waals surface area contributed by atoms with Crippen LogP contribution in [0, 0.1) is 0 Å². The summed E-state index contributed by atoms with van der Waals surface area (Å²) in [4.78, 5) is 0. The lowest BCUT2D eigenvalue weighted by Gasteiger charge is -2.15. The average molecular weight is 294 g/mol. The monoisotopic (exact) mass is 294 g/mol. The van der Waals surface area contributed by atoms with Gasteiger partial charge in [0.05, 0.1) is 0 Å². The Morgan fingerprint density at radius 3 is 2.76 bits per heavy atom. The summed E-state index contributed by atoms with van der Waals surface area (Å²) >= 11 is 2.96. The third kappa shape index (κ3) is 3.96. The molecule has 1 aromatic heterocycles. The van der Waals surface area contributed by atoms with Crippen molar-refractivity contribution < 1.29 is 8.42 Å². The number of thioether (sulfide) groups is 1. The second-order valence-corrected chi connectivity index (χ2v) is 7.82. The van der Waals surface area contributed by atoms with E-state index in [-0.39, 0.29) is 0 Å². The molecule has 0 bridgehead atoms. The highest BCUT2D eigenvalue weighted by molar-refractivity contribution is 7.98. The molecule has 0 saturated carbocycles. The molecule has 1 heterocycles. The van der Waals surface area contributed by atoms with Crippen LogP contribution in [0.5, 0.6) is 0 Å². The molecule has 98 valence electrons. The zero-order valence-corrected chi connectivity index (χ0v) is 12.5. The molecule has 0 aliphatic heterocycles. The van der Waals surface area contributed by atoms with Crippen LogP contribution in [-0.2, 0) is 16.6 Å². The molecule has 0 amide bonds. The molecule has 2 N–H and O–H groups in total. The van der Waals surface area contributed by atoms with Gasteiger partial charge in [0.2, 0.25) is 0 Å². The second kappa shape index (κ2) is 6.75. The van der Waals surface area contributed by atoms with Crippen molar-refractivity contribution in [3.8, 4) is 0 Å². The molecular weight excluding hydrogens is 276 g/mol. The van der Waals surface area contributed by atoms with Crippen LogP contribution in [0.3, 0.4) is 0 Å². The molecule has 7 heteroatoms. The molecule has 0 aromatic carbocycles. The van der Waals surface area contributed by atoms with Gasteiger partial charge < -0.3 is 5.73 Å². The van der Waals surface area contributed by atoms with Crippen molar-refractivity contribution in [2.45, 2.75) is 17.2 Å². The van der Waals surface area contributed by atoms with E-state index in [2.05, 4.69) is 0 Å². The summed E-state index contributed by atoms with van der Waals surface area (Å²) in [6, 6.07) is 1.66. The maximum atomic E-state index is 12.1. The molecule has 0 saturated heterocycles. The first-order chi connectivity index (χ1) is 8.02. The van der Waals surface area contributed by atoms with Crippen LogP contribution in [0.2, 0.25) is 0 Å². The lowest BCUT2D eigenvalue weighted by atomic mass is 10.4. The van der Waals surface area contributed by atoms with Crippen molar-refractivity contribution in [1.82, 2.24) is 4.31 Å². The van der Waals surface area contributed by atoms with E-state index >= 15 is 0 Å². The van der Waals surface area contributed by atoms with Crippen molar-refractivity contribution in [1.29, 1.82) is 0 Å². The maximum Gasteiger partial charge on any atom is 0.252 e. The lowest BCUT2D eigenvalue weighted by molar-refractivity contribution is 0.471. The van der Waals surface area contributed by atoms with Gasteiger partial charge >= 0.3 is 0 Å². The van der Waals surface area contributed by atoms with Gasteiger partial charge in [-0.2, -0.15) is 11.8 Å². The van der Waals surface area contributed by atoms with E-state index in [1.165, 1.54) is 15.6 Å². The smallest absolute Gasteiger partial charge is 0.252 e. The van der Waals surface area contributed by atoms with Crippen LogP contribution in [0.4, 0.5) is 0 Å². The van der Waals surface area contributed by atoms with E-state index in [0.29, 0.717) is 17.3 Å². The highest BCUT2D eigenvalue weighted by atomic mass is 32.2. The maximum absolute atomic E-state index is 12.1. The highest BCUT2D eigenvalue weighted by Crippen LogP contribution is 2.23. The number of rotatable bonds is 7. The number of sulfonamides is 1. The van der Waals surface area contributed by atoms with Crippen LogP contribution < -0.4 is 5.73 Å². The zero-order chi connectivity index (χ0) is 12.9. The van der Waals surface area contributed by atoms with Crippen LogP contribution in [0.1, 0.15) is 12.0 Å². The van der Waals surface area contributed by atoms with Crippen molar-refractivity contribution in [3.05, 3.63) is 17.0 Å². The summed E-state index contributed by atoms with van der Waals surface area (Å²) < 4.78 is 26.1. The zero-order valence-electron chi connectivity index (χ0n) is 10.0. The predicted octanol–water partition coefficient (Wildman–Crippen LogP) is 1.58. The summed E-state index contributed by atoms with van der Waals surface area (Å²) in [6.45, 7) is 0.932. The first kappa shape index (κ1) is 15.0. The Hall–Kier alpha value is -0.0800. The van der Waals surface area contributed by atoms with Gasteiger partial charge in [0.25, 0.3) is 10.0 Å². The Morgan fingerprint density at radius 2 is 2.24 bits per heavy atom. The Balaban J connectivity index is 2.73. The summed E-state index contributed by atoms with van der Waals surface area (Å²) in [5.41, 5.74) is 6.34. The fourth-order valence-electron chi connectivity index (χ4n) is 1.30. The Morgan fingerprint density at radius 1 is 1.53 bits per heavy atom. The largest absolute Gasteiger partial charge is 0.326 e. The number of nitrogens with two attached hydrogens (primary N) is 1. The predicted molar refractivity (Wildman–Crippen MR) is 75.0 cm³/mol. The molecule has 4 nitrogen and oxygen atoms in total. The lowest BCUT2D eigenvalue weighted by Crippen LogP contribution is -2.27. The summed E-state index contributed by atoms with van der Waals surface area (Å²) in [5, 5.41) is 1.79. The van der Waals surface area contributed by atoms with Crippen molar-refractivity contribution in [3.63, 3.8) is 0 Å². The molecule has 1 aromatic rings. The fourth-order valence-corrected chi connectivity index (χ4v) is 4.36. The first-order valence-corrected chi connectivity index (χ1v) is 8.96. The molecule has 0 radical (unpaired) electrons.